The molecule has 1 N–H and O–H groups in total. The number of anilines is 2. The Labute approximate surface area is 271 Å². The minimum Gasteiger partial charge on any atom is -0.504 e. The van der Waals surface area contributed by atoms with Crippen molar-refractivity contribution >= 4 is 62.5 Å². The molecule has 2 aliphatic carbocycles. The van der Waals surface area contributed by atoms with E-state index in [1.807, 2.05) is 6.08 Å². The molecule has 45 heavy (non-hydrogen) atoms. The van der Waals surface area contributed by atoms with Crippen LogP contribution in [0.2, 0.25) is 5.02 Å². The first-order valence-corrected chi connectivity index (χ1v) is 15.7. The van der Waals surface area contributed by atoms with Crippen LogP contribution in [0.3, 0.4) is 0 Å². The summed E-state index contributed by atoms with van der Waals surface area (Å²) in [7, 11) is 1.43. The van der Waals surface area contributed by atoms with Crippen molar-refractivity contribution in [2.45, 2.75) is 25.7 Å². The number of benzene rings is 3. The number of hydrogen-bond acceptors (Lipinski definition) is 6. The Morgan fingerprint density at radius 1 is 0.933 bits per heavy atom. The highest BCUT2D eigenvalue weighted by molar-refractivity contribution is 9.10. The van der Waals surface area contributed by atoms with Crippen molar-refractivity contribution in [2.24, 2.45) is 29.1 Å². The second-order valence-electron chi connectivity index (χ2n) is 12.2. The highest BCUT2D eigenvalue weighted by Crippen LogP contribution is 2.64. The van der Waals surface area contributed by atoms with Crippen LogP contribution in [0.25, 0.3) is 0 Å². The van der Waals surface area contributed by atoms with Crippen molar-refractivity contribution in [1.82, 2.24) is 0 Å². The SMILES string of the molecule is COc1ccc([C@H]2C3=CC[C@@H]4C(=O)N(c5ccc(Br)cc5)C(=O)[C@@H]4[C@@H]3C[C@H]3C(=O)N(c4ccc(F)c(Cl)c4)C(=O)[C@@]23C)cc1O. The third-order valence-electron chi connectivity index (χ3n) is 10.1. The monoisotopic (exact) mass is 692 g/mol. The minimum absolute atomic E-state index is 0.140. The van der Waals surface area contributed by atoms with Gasteiger partial charge in [-0.1, -0.05) is 45.2 Å². The molecule has 4 aliphatic rings. The summed E-state index contributed by atoms with van der Waals surface area (Å²) in [6.45, 7) is 1.73. The van der Waals surface area contributed by atoms with E-state index in [4.69, 9.17) is 16.3 Å². The fourth-order valence-corrected chi connectivity index (χ4v) is 8.44. The Morgan fingerprint density at radius 3 is 2.31 bits per heavy atom. The van der Waals surface area contributed by atoms with Gasteiger partial charge in [-0.2, -0.15) is 0 Å². The first-order valence-electron chi connectivity index (χ1n) is 14.5. The van der Waals surface area contributed by atoms with Gasteiger partial charge in [-0.05, 0) is 85.8 Å². The van der Waals surface area contributed by atoms with Crippen molar-refractivity contribution in [3.63, 3.8) is 0 Å². The molecule has 3 aromatic rings. The zero-order valence-corrected chi connectivity index (χ0v) is 26.5. The predicted molar refractivity (Wildman–Crippen MR) is 167 cm³/mol. The number of halogens is 3. The van der Waals surface area contributed by atoms with Gasteiger partial charge in [0.05, 0.1) is 46.7 Å². The molecule has 0 aromatic heterocycles. The number of ether oxygens (including phenoxy) is 1. The maximum atomic E-state index is 14.5. The molecule has 0 radical (unpaired) electrons. The number of imide groups is 2. The maximum absolute atomic E-state index is 14.5. The summed E-state index contributed by atoms with van der Waals surface area (Å²) in [5.41, 5.74) is 0.626. The number of methoxy groups -OCH3 is 1. The number of amides is 4. The third-order valence-corrected chi connectivity index (χ3v) is 10.9. The molecular weight excluding hydrogens is 667 g/mol. The predicted octanol–water partition coefficient (Wildman–Crippen LogP) is 6.39. The summed E-state index contributed by atoms with van der Waals surface area (Å²) in [5.74, 6) is -5.70. The number of carbonyl (C=O) groups is 4. The van der Waals surface area contributed by atoms with Gasteiger partial charge in [0, 0.05) is 10.4 Å². The summed E-state index contributed by atoms with van der Waals surface area (Å²) >= 11 is 9.45. The lowest BCUT2D eigenvalue weighted by Crippen LogP contribution is -2.48. The summed E-state index contributed by atoms with van der Waals surface area (Å²) in [6.07, 6.45) is 2.38. The molecular formula is C34H27BrClFN2O6. The van der Waals surface area contributed by atoms with Crippen molar-refractivity contribution in [1.29, 1.82) is 0 Å². The van der Waals surface area contributed by atoms with Gasteiger partial charge in [0.1, 0.15) is 5.82 Å². The zero-order chi connectivity index (χ0) is 31.9. The fourth-order valence-electron chi connectivity index (χ4n) is 8.00. The van der Waals surface area contributed by atoms with Gasteiger partial charge in [-0.15, -0.1) is 0 Å². The van der Waals surface area contributed by atoms with E-state index in [1.165, 1.54) is 30.2 Å². The lowest BCUT2D eigenvalue weighted by molar-refractivity contribution is -0.131. The smallest absolute Gasteiger partial charge is 0.241 e. The maximum Gasteiger partial charge on any atom is 0.241 e. The van der Waals surface area contributed by atoms with Gasteiger partial charge >= 0.3 is 0 Å². The Morgan fingerprint density at radius 2 is 1.64 bits per heavy atom. The first kappa shape index (κ1) is 29.7. The molecule has 3 fully saturated rings. The van der Waals surface area contributed by atoms with Crippen LogP contribution in [-0.4, -0.2) is 35.8 Å². The lowest BCUT2D eigenvalue weighted by atomic mass is 9.51. The molecule has 0 spiro atoms. The van der Waals surface area contributed by atoms with Gasteiger partial charge in [0.2, 0.25) is 23.6 Å². The summed E-state index contributed by atoms with van der Waals surface area (Å²) < 4.78 is 20.1. The summed E-state index contributed by atoms with van der Waals surface area (Å²) in [6, 6.07) is 15.5. The highest BCUT2D eigenvalue weighted by Gasteiger charge is 2.67. The molecule has 8 nitrogen and oxygen atoms in total. The topological polar surface area (TPSA) is 104 Å². The van der Waals surface area contributed by atoms with E-state index in [2.05, 4.69) is 15.9 Å². The van der Waals surface area contributed by atoms with Gasteiger partial charge in [-0.3, -0.25) is 24.1 Å². The Hall–Kier alpha value is -4.02. The molecule has 2 aliphatic heterocycles. The Balaban J connectivity index is 1.37. The number of carbonyl (C=O) groups excluding carboxylic acids is 4. The van der Waals surface area contributed by atoms with E-state index in [0.717, 1.165) is 21.0 Å². The van der Waals surface area contributed by atoms with E-state index in [1.54, 1.807) is 43.3 Å². The minimum atomic E-state index is -1.33. The van der Waals surface area contributed by atoms with Gasteiger partial charge in [0.15, 0.2) is 11.5 Å². The van der Waals surface area contributed by atoms with Crippen LogP contribution in [0.15, 0.2) is 76.8 Å². The number of fused-ring (bicyclic) bond motifs is 4. The number of nitrogens with zero attached hydrogens (tertiary/aromatic N) is 2. The fraction of sp³-hybridized carbons (Fsp3) is 0.294. The van der Waals surface area contributed by atoms with Gasteiger partial charge in [-0.25, -0.2) is 9.29 Å². The molecule has 7 rings (SSSR count). The standard InChI is InChI=1S/C34H27BrClFN2O6/c1-34-23(31(42)39(33(34)44)19-8-11-25(37)24(36)14-19)15-22-20(29(34)16-3-12-27(45-2)26(40)13-16)9-10-21-28(22)32(43)38(30(21)41)18-6-4-17(35)5-7-18/h3-9,11-14,21-23,28-29,40H,10,15H2,1-2H3/t21-,22+,23-,28-,29-,34+/m0/s1. The molecule has 2 saturated heterocycles. The number of hydrogen-bond donors (Lipinski definition) is 1. The van der Waals surface area contributed by atoms with E-state index >= 15 is 0 Å². The van der Waals surface area contributed by atoms with Crippen molar-refractivity contribution in [2.75, 3.05) is 16.9 Å². The summed E-state index contributed by atoms with van der Waals surface area (Å²) in [5, 5.41) is 10.6. The van der Waals surface area contributed by atoms with Crippen LogP contribution in [0.1, 0.15) is 31.2 Å². The average molecular weight is 694 g/mol. The molecule has 0 unspecified atom stereocenters. The number of phenols is 1. The van der Waals surface area contributed by atoms with E-state index in [9.17, 15) is 28.7 Å². The van der Waals surface area contributed by atoms with Crippen molar-refractivity contribution in [3.8, 4) is 11.5 Å². The number of phenolic OH excluding ortho intramolecular Hbond substituents is 1. The zero-order valence-electron chi connectivity index (χ0n) is 24.2. The van der Waals surface area contributed by atoms with Crippen LogP contribution in [0.4, 0.5) is 15.8 Å². The van der Waals surface area contributed by atoms with Crippen molar-refractivity contribution < 1.29 is 33.4 Å². The second-order valence-corrected chi connectivity index (χ2v) is 13.5. The number of allylic oxidation sites excluding steroid dienone is 2. The molecule has 4 amide bonds. The molecule has 11 heteroatoms. The number of aromatic hydroxyl groups is 1. The van der Waals surface area contributed by atoms with Gasteiger partial charge in [0.25, 0.3) is 0 Å². The largest absolute Gasteiger partial charge is 0.504 e. The summed E-state index contributed by atoms with van der Waals surface area (Å²) in [4.78, 5) is 58.9. The molecule has 3 aromatic carbocycles. The van der Waals surface area contributed by atoms with Crippen LogP contribution >= 0.6 is 27.5 Å². The van der Waals surface area contributed by atoms with Gasteiger partial charge < -0.3 is 9.84 Å². The van der Waals surface area contributed by atoms with Crippen LogP contribution < -0.4 is 14.5 Å². The highest BCUT2D eigenvalue weighted by atomic mass is 79.9. The molecule has 0 bridgehead atoms. The quantitative estimate of drug-likeness (QED) is 0.251. The molecule has 230 valence electrons. The molecule has 1 saturated carbocycles. The van der Waals surface area contributed by atoms with E-state index in [0.29, 0.717) is 11.3 Å². The van der Waals surface area contributed by atoms with E-state index < -0.39 is 52.6 Å². The van der Waals surface area contributed by atoms with Crippen LogP contribution in [0.5, 0.6) is 11.5 Å². The molecule has 2 heterocycles. The van der Waals surface area contributed by atoms with Crippen molar-refractivity contribution in [3.05, 3.63) is 93.2 Å². The third kappa shape index (κ3) is 4.21. The number of rotatable bonds is 4. The first-order chi connectivity index (χ1) is 21.5. The lowest BCUT2D eigenvalue weighted by Gasteiger charge is -2.49. The molecule has 6 atom stereocenters. The van der Waals surface area contributed by atoms with Crippen LogP contribution in [0, 0.1) is 34.9 Å². The average Bonchev–Trinajstić information content (AvgIpc) is 3.38. The second kappa shape index (κ2) is 10.5. The Kier molecular flexibility index (Phi) is 6.94. The van der Waals surface area contributed by atoms with Crippen LogP contribution in [-0.2, 0) is 19.2 Å². The Bertz CT molecular complexity index is 1850. The normalized spacial score (nSPS) is 29.0. The van der Waals surface area contributed by atoms with E-state index in [-0.39, 0.29) is 46.9 Å².